The van der Waals surface area contributed by atoms with Crippen molar-refractivity contribution in [2.24, 2.45) is 0 Å². The molecule has 4 rings (SSSR count). The van der Waals surface area contributed by atoms with Crippen molar-refractivity contribution in [2.45, 2.75) is 49.8 Å². The first kappa shape index (κ1) is 12.2. The molecule has 2 fully saturated rings. The summed E-state index contributed by atoms with van der Waals surface area (Å²) in [4.78, 5) is 9.11. The topological polar surface area (TPSA) is 58.0 Å². The summed E-state index contributed by atoms with van der Waals surface area (Å²) in [7, 11) is 0. The van der Waals surface area contributed by atoms with E-state index in [-0.39, 0.29) is 0 Å². The van der Waals surface area contributed by atoms with Gasteiger partial charge in [0.15, 0.2) is 0 Å². The Morgan fingerprint density at radius 1 is 1.10 bits per heavy atom. The number of hydrogen-bond donors (Lipinski definition) is 2. The number of hydrogen-bond acceptors (Lipinski definition) is 4. The van der Waals surface area contributed by atoms with Gasteiger partial charge in [-0.3, -0.25) is 4.98 Å². The first-order chi connectivity index (χ1) is 9.73. The minimum absolute atomic E-state index is 0.417. The summed E-state index contributed by atoms with van der Waals surface area (Å²) in [6, 6.07) is 8.66. The highest BCUT2D eigenvalue weighted by Gasteiger charge is 2.42. The van der Waals surface area contributed by atoms with E-state index in [1.54, 1.807) is 6.20 Å². The number of nitrogens with one attached hydrogen (secondary N) is 1. The number of aromatic nitrogens is 2. The molecule has 104 valence electrons. The van der Waals surface area contributed by atoms with E-state index in [2.05, 4.69) is 15.3 Å². The maximum Gasteiger partial charge on any atom is 0.111 e. The SMILES string of the molecule is OC1(c2cnc3ccccc3n2)CC2CCCC(C1)N2. The van der Waals surface area contributed by atoms with Crippen LogP contribution in [-0.2, 0) is 5.60 Å². The summed E-state index contributed by atoms with van der Waals surface area (Å²) in [5.74, 6) is 0. The molecule has 20 heavy (non-hydrogen) atoms. The lowest BCUT2D eigenvalue weighted by molar-refractivity contribution is -0.0392. The molecule has 2 aromatic rings. The van der Waals surface area contributed by atoms with Gasteiger partial charge in [-0.15, -0.1) is 0 Å². The standard InChI is InChI=1S/C16H19N3O/c20-16(8-11-4-3-5-12(9-16)18-11)15-10-17-13-6-1-2-7-14(13)19-15/h1-2,6-7,10-12,18,20H,3-5,8-9H2. The van der Waals surface area contributed by atoms with Gasteiger partial charge < -0.3 is 10.4 Å². The molecule has 2 N–H and O–H groups in total. The molecule has 1 aromatic heterocycles. The Hall–Kier alpha value is -1.52. The van der Waals surface area contributed by atoms with Crippen molar-refractivity contribution < 1.29 is 5.11 Å². The maximum absolute atomic E-state index is 11.1. The number of rotatable bonds is 1. The smallest absolute Gasteiger partial charge is 0.111 e. The summed E-state index contributed by atoms with van der Waals surface area (Å²) < 4.78 is 0. The second kappa shape index (κ2) is 4.50. The van der Waals surface area contributed by atoms with Gasteiger partial charge >= 0.3 is 0 Å². The molecule has 0 saturated carbocycles. The largest absolute Gasteiger partial charge is 0.383 e. The van der Waals surface area contributed by atoms with Crippen LogP contribution in [0.25, 0.3) is 11.0 Å². The molecule has 0 amide bonds. The Morgan fingerprint density at radius 3 is 2.55 bits per heavy atom. The van der Waals surface area contributed by atoms with Crippen LogP contribution in [0.15, 0.2) is 30.5 Å². The Labute approximate surface area is 118 Å². The zero-order valence-electron chi connectivity index (χ0n) is 11.4. The lowest BCUT2D eigenvalue weighted by Gasteiger charge is -2.44. The van der Waals surface area contributed by atoms with Gasteiger partial charge in [-0.25, -0.2) is 4.98 Å². The lowest BCUT2D eigenvalue weighted by atomic mass is 9.76. The summed E-state index contributed by atoms with van der Waals surface area (Å²) in [5, 5.41) is 14.7. The van der Waals surface area contributed by atoms with Crippen LogP contribution in [0.2, 0.25) is 0 Å². The van der Waals surface area contributed by atoms with Crippen LogP contribution in [0.5, 0.6) is 0 Å². The molecule has 2 saturated heterocycles. The second-order valence-corrected chi connectivity index (χ2v) is 6.18. The minimum Gasteiger partial charge on any atom is -0.383 e. The third kappa shape index (κ3) is 2.00. The zero-order chi connectivity index (χ0) is 13.6. The molecule has 2 bridgehead atoms. The van der Waals surface area contributed by atoms with E-state index >= 15 is 0 Å². The van der Waals surface area contributed by atoms with Gasteiger partial charge in [0.25, 0.3) is 0 Å². The number of fused-ring (bicyclic) bond motifs is 3. The van der Waals surface area contributed by atoms with Crippen molar-refractivity contribution in [3.63, 3.8) is 0 Å². The number of nitrogens with zero attached hydrogens (tertiary/aromatic N) is 2. The van der Waals surface area contributed by atoms with Crippen LogP contribution < -0.4 is 5.32 Å². The van der Waals surface area contributed by atoms with Crippen LogP contribution in [0, 0.1) is 0 Å². The van der Waals surface area contributed by atoms with Gasteiger partial charge in [-0.1, -0.05) is 18.6 Å². The highest BCUT2D eigenvalue weighted by Crippen LogP contribution is 2.38. The Balaban J connectivity index is 1.73. The van der Waals surface area contributed by atoms with Crippen LogP contribution in [0.3, 0.4) is 0 Å². The van der Waals surface area contributed by atoms with Crippen LogP contribution in [-0.4, -0.2) is 27.2 Å². The first-order valence-electron chi connectivity index (χ1n) is 7.44. The van der Waals surface area contributed by atoms with Crippen molar-refractivity contribution in [1.82, 2.24) is 15.3 Å². The molecule has 0 radical (unpaired) electrons. The van der Waals surface area contributed by atoms with Gasteiger partial charge in [0.1, 0.15) is 5.60 Å². The number of aliphatic hydroxyl groups is 1. The maximum atomic E-state index is 11.1. The molecule has 0 spiro atoms. The van der Waals surface area contributed by atoms with Crippen molar-refractivity contribution in [2.75, 3.05) is 0 Å². The fourth-order valence-corrected chi connectivity index (χ4v) is 3.72. The van der Waals surface area contributed by atoms with E-state index in [0.29, 0.717) is 12.1 Å². The molecule has 1 aromatic carbocycles. The molecule has 2 atom stereocenters. The Bertz CT molecular complexity index is 630. The van der Waals surface area contributed by atoms with Gasteiger partial charge in [0, 0.05) is 12.1 Å². The third-order valence-corrected chi connectivity index (χ3v) is 4.67. The van der Waals surface area contributed by atoms with E-state index < -0.39 is 5.60 Å². The molecule has 0 aliphatic carbocycles. The zero-order valence-corrected chi connectivity index (χ0v) is 11.4. The van der Waals surface area contributed by atoms with Crippen molar-refractivity contribution >= 4 is 11.0 Å². The molecule has 4 heteroatoms. The predicted molar refractivity (Wildman–Crippen MR) is 77.2 cm³/mol. The molecule has 4 nitrogen and oxygen atoms in total. The van der Waals surface area contributed by atoms with E-state index in [4.69, 9.17) is 0 Å². The summed E-state index contributed by atoms with van der Waals surface area (Å²) in [6.45, 7) is 0. The minimum atomic E-state index is -0.821. The van der Waals surface area contributed by atoms with Gasteiger partial charge in [-0.05, 0) is 37.8 Å². The van der Waals surface area contributed by atoms with Gasteiger partial charge in [0.05, 0.1) is 22.9 Å². The normalized spacial score (nSPS) is 33.2. The van der Waals surface area contributed by atoms with E-state index in [1.807, 2.05) is 24.3 Å². The van der Waals surface area contributed by atoms with Gasteiger partial charge in [0.2, 0.25) is 0 Å². The molecule has 2 aliphatic heterocycles. The number of benzene rings is 1. The highest BCUT2D eigenvalue weighted by molar-refractivity contribution is 5.73. The average Bonchev–Trinajstić information content (AvgIpc) is 2.46. The highest BCUT2D eigenvalue weighted by atomic mass is 16.3. The molecule has 2 aliphatic rings. The lowest BCUT2D eigenvalue weighted by Crippen LogP contribution is -2.54. The van der Waals surface area contributed by atoms with Crippen molar-refractivity contribution in [3.05, 3.63) is 36.2 Å². The number of para-hydroxylation sites is 2. The molecule has 3 heterocycles. The quantitative estimate of drug-likeness (QED) is 0.832. The third-order valence-electron chi connectivity index (χ3n) is 4.67. The molecular weight excluding hydrogens is 250 g/mol. The summed E-state index contributed by atoms with van der Waals surface area (Å²) in [5.41, 5.74) is 1.66. The monoisotopic (exact) mass is 269 g/mol. The average molecular weight is 269 g/mol. The van der Waals surface area contributed by atoms with Crippen molar-refractivity contribution in [1.29, 1.82) is 0 Å². The van der Waals surface area contributed by atoms with Crippen LogP contribution in [0.1, 0.15) is 37.8 Å². The van der Waals surface area contributed by atoms with E-state index in [9.17, 15) is 5.11 Å². The van der Waals surface area contributed by atoms with E-state index in [0.717, 1.165) is 42.4 Å². The second-order valence-electron chi connectivity index (χ2n) is 6.18. The summed E-state index contributed by atoms with van der Waals surface area (Å²) >= 11 is 0. The summed E-state index contributed by atoms with van der Waals surface area (Å²) in [6.07, 6.45) is 6.82. The molecular formula is C16H19N3O. The van der Waals surface area contributed by atoms with Crippen LogP contribution >= 0.6 is 0 Å². The fourth-order valence-electron chi connectivity index (χ4n) is 3.72. The Morgan fingerprint density at radius 2 is 1.80 bits per heavy atom. The predicted octanol–water partition coefficient (Wildman–Crippen LogP) is 2.12. The van der Waals surface area contributed by atoms with E-state index in [1.165, 1.54) is 6.42 Å². The number of piperidine rings is 2. The van der Waals surface area contributed by atoms with Crippen LogP contribution in [0.4, 0.5) is 0 Å². The fraction of sp³-hybridized carbons (Fsp3) is 0.500. The van der Waals surface area contributed by atoms with Gasteiger partial charge in [-0.2, -0.15) is 0 Å². The first-order valence-corrected chi connectivity index (χ1v) is 7.44. The molecule has 2 unspecified atom stereocenters. The Kier molecular flexibility index (Phi) is 2.75. The van der Waals surface area contributed by atoms with Crippen molar-refractivity contribution in [3.8, 4) is 0 Å².